The second-order valence-electron chi connectivity index (χ2n) is 4.27. The second-order valence-corrected chi connectivity index (χ2v) is 5.66. The fourth-order valence-corrected chi connectivity index (χ4v) is 2.09. The molecule has 0 heterocycles. The number of hydrogen-bond acceptors (Lipinski definition) is 4. The normalized spacial score (nSPS) is 10.8. The topological polar surface area (TPSA) is 55.8 Å². The van der Waals surface area contributed by atoms with Gasteiger partial charge in [-0.3, -0.25) is 0 Å². The zero-order chi connectivity index (χ0) is 15.5. The molecule has 0 aromatic heterocycles. The number of thioether (sulfide) groups is 1. The summed E-state index contributed by atoms with van der Waals surface area (Å²) in [6, 6.07) is 5.45. The molecule has 1 aromatic carbocycles. The first-order valence-corrected chi connectivity index (χ1v) is 8.21. The predicted octanol–water partition coefficient (Wildman–Crippen LogP) is 3.71. The molecule has 0 spiro atoms. The van der Waals surface area contributed by atoms with Gasteiger partial charge in [0, 0.05) is 23.5 Å². The Kier molecular flexibility index (Phi) is 8.43. The van der Waals surface area contributed by atoms with Gasteiger partial charge in [0.05, 0.1) is 13.2 Å². The molecule has 4 nitrogen and oxygen atoms in total. The van der Waals surface area contributed by atoms with E-state index in [1.807, 2.05) is 25.1 Å². The van der Waals surface area contributed by atoms with E-state index >= 15 is 0 Å². The van der Waals surface area contributed by atoms with Crippen molar-refractivity contribution in [2.24, 2.45) is 0 Å². The number of hydrogen-bond donors (Lipinski definition) is 1. The maximum absolute atomic E-state index is 10.6. The quantitative estimate of drug-likeness (QED) is 0.527. The van der Waals surface area contributed by atoms with Crippen molar-refractivity contribution in [2.75, 3.05) is 24.7 Å². The highest BCUT2D eigenvalue weighted by atomic mass is 32.2. The monoisotopic (exact) mass is 310 g/mol. The number of rotatable bonds is 10. The largest absolute Gasteiger partial charge is 0.493 e. The molecule has 0 bridgehead atoms. The van der Waals surface area contributed by atoms with E-state index in [9.17, 15) is 4.79 Å². The van der Waals surface area contributed by atoms with Crippen molar-refractivity contribution in [1.29, 1.82) is 0 Å². The first-order chi connectivity index (χ1) is 10.2. The van der Waals surface area contributed by atoms with Gasteiger partial charge in [-0.05, 0) is 30.4 Å². The third-order valence-corrected chi connectivity index (χ3v) is 3.42. The van der Waals surface area contributed by atoms with Crippen molar-refractivity contribution in [3.8, 4) is 11.5 Å². The van der Waals surface area contributed by atoms with Gasteiger partial charge in [-0.25, -0.2) is 4.79 Å². The average molecular weight is 310 g/mol. The first-order valence-electron chi connectivity index (χ1n) is 7.05. The zero-order valence-corrected chi connectivity index (χ0v) is 13.3. The summed E-state index contributed by atoms with van der Waals surface area (Å²) >= 11 is 1.80. The Morgan fingerprint density at radius 3 is 2.76 bits per heavy atom. The van der Waals surface area contributed by atoms with Crippen LogP contribution in [0, 0.1) is 0 Å². The Morgan fingerprint density at radius 1 is 1.29 bits per heavy atom. The van der Waals surface area contributed by atoms with Crippen LogP contribution >= 0.6 is 11.8 Å². The lowest BCUT2D eigenvalue weighted by Crippen LogP contribution is -2.03. The van der Waals surface area contributed by atoms with Gasteiger partial charge in [0.2, 0.25) is 0 Å². The molecular weight excluding hydrogens is 288 g/mol. The first kappa shape index (κ1) is 17.4. The molecule has 21 heavy (non-hydrogen) atoms. The Balaban J connectivity index is 2.81. The summed E-state index contributed by atoms with van der Waals surface area (Å²) in [5.74, 6) is 2.36. The summed E-state index contributed by atoms with van der Waals surface area (Å²) in [4.78, 5) is 10.6. The molecule has 0 aliphatic rings. The van der Waals surface area contributed by atoms with Crippen molar-refractivity contribution in [3.05, 3.63) is 29.8 Å². The summed E-state index contributed by atoms with van der Waals surface area (Å²) in [5.41, 5.74) is 0.739. The van der Waals surface area contributed by atoms with Gasteiger partial charge in [-0.2, -0.15) is 11.8 Å². The highest BCUT2D eigenvalue weighted by Gasteiger charge is 2.05. The molecule has 0 saturated heterocycles. The van der Waals surface area contributed by atoms with Crippen molar-refractivity contribution in [2.45, 2.75) is 20.3 Å². The SMILES string of the molecule is CCCOc1ccc(/C=C/C(=O)O)c(OCCSCC)c1. The van der Waals surface area contributed by atoms with Gasteiger partial charge in [0.15, 0.2) is 0 Å². The van der Waals surface area contributed by atoms with Crippen molar-refractivity contribution < 1.29 is 19.4 Å². The lowest BCUT2D eigenvalue weighted by Gasteiger charge is -2.12. The van der Waals surface area contributed by atoms with E-state index < -0.39 is 5.97 Å². The Hall–Kier alpha value is -1.62. The van der Waals surface area contributed by atoms with Gasteiger partial charge < -0.3 is 14.6 Å². The highest BCUT2D eigenvalue weighted by Crippen LogP contribution is 2.26. The standard InChI is InChI=1S/C16H22O4S/c1-3-9-19-14-7-5-13(6-8-16(17)18)15(12-14)20-10-11-21-4-2/h5-8,12H,3-4,9-11H2,1-2H3,(H,17,18)/b8-6+. The molecule has 116 valence electrons. The predicted molar refractivity (Wildman–Crippen MR) is 87.4 cm³/mol. The van der Waals surface area contributed by atoms with Gasteiger partial charge in [0.25, 0.3) is 0 Å². The van der Waals surface area contributed by atoms with Crippen LogP contribution < -0.4 is 9.47 Å². The molecular formula is C16H22O4S. The van der Waals surface area contributed by atoms with Crippen LogP contribution in [0.4, 0.5) is 0 Å². The Bertz CT molecular complexity index is 471. The summed E-state index contributed by atoms with van der Waals surface area (Å²) in [6.45, 7) is 5.38. The maximum Gasteiger partial charge on any atom is 0.328 e. The average Bonchev–Trinajstić information content (AvgIpc) is 2.48. The number of carboxylic acids is 1. The maximum atomic E-state index is 10.6. The lowest BCUT2D eigenvalue weighted by atomic mass is 10.1. The fraction of sp³-hybridized carbons (Fsp3) is 0.438. The molecule has 0 saturated carbocycles. The van der Waals surface area contributed by atoms with Crippen molar-refractivity contribution in [3.63, 3.8) is 0 Å². The molecule has 0 aliphatic carbocycles. The highest BCUT2D eigenvalue weighted by molar-refractivity contribution is 7.99. The third-order valence-electron chi connectivity index (χ3n) is 2.55. The molecule has 5 heteroatoms. The van der Waals surface area contributed by atoms with E-state index in [0.717, 1.165) is 35.3 Å². The number of ether oxygens (including phenoxy) is 2. The van der Waals surface area contributed by atoms with Gasteiger partial charge in [-0.15, -0.1) is 0 Å². The Labute approximate surface area is 130 Å². The molecule has 0 fully saturated rings. The van der Waals surface area contributed by atoms with Crippen LogP contribution in [0.1, 0.15) is 25.8 Å². The van der Waals surface area contributed by atoms with Crippen molar-refractivity contribution >= 4 is 23.8 Å². The molecule has 1 rings (SSSR count). The van der Waals surface area contributed by atoms with Crippen molar-refractivity contribution in [1.82, 2.24) is 0 Å². The molecule has 0 unspecified atom stereocenters. The molecule has 0 radical (unpaired) electrons. The molecule has 1 aromatic rings. The van der Waals surface area contributed by atoms with Gasteiger partial charge >= 0.3 is 5.97 Å². The second kappa shape index (κ2) is 10.2. The van der Waals surface area contributed by atoms with Gasteiger partial charge in [-0.1, -0.05) is 13.8 Å². The molecule has 0 aliphatic heterocycles. The summed E-state index contributed by atoms with van der Waals surface area (Å²) in [6.07, 6.45) is 3.58. The van der Waals surface area contributed by atoms with Crippen LogP contribution in [0.3, 0.4) is 0 Å². The Morgan fingerprint density at radius 2 is 2.10 bits per heavy atom. The van der Waals surface area contributed by atoms with Gasteiger partial charge in [0.1, 0.15) is 11.5 Å². The molecule has 0 amide bonds. The smallest absolute Gasteiger partial charge is 0.328 e. The minimum atomic E-state index is -0.978. The summed E-state index contributed by atoms with van der Waals surface area (Å²) in [5, 5.41) is 8.73. The van der Waals surface area contributed by atoms with E-state index in [4.69, 9.17) is 14.6 Å². The van der Waals surface area contributed by atoms with E-state index in [2.05, 4.69) is 6.92 Å². The van der Waals surface area contributed by atoms with E-state index in [1.165, 1.54) is 6.08 Å². The van der Waals surface area contributed by atoms with E-state index in [-0.39, 0.29) is 0 Å². The number of aliphatic carboxylic acids is 1. The van der Waals surface area contributed by atoms with E-state index in [0.29, 0.717) is 19.0 Å². The van der Waals surface area contributed by atoms with Crippen LogP contribution in [0.5, 0.6) is 11.5 Å². The van der Waals surface area contributed by atoms with Crippen LogP contribution in [-0.2, 0) is 4.79 Å². The number of carbonyl (C=O) groups is 1. The summed E-state index contributed by atoms with van der Waals surface area (Å²) < 4.78 is 11.3. The zero-order valence-electron chi connectivity index (χ0n) is 12.5. The lowest BCUT2D eigenvalue weighted by molar-refractivity contribution is -0.131. The third kappa shape index (κ3) is 7.09. The fourth-order valence-electron chi connectivity index (χ4n) is 1.60. The number of carboxylic acid groups (broad SMARTS) is 1. The summed E-state index contributed by atoms with van der Waals surface area (Å²) in [7, 11) is 0. The van der Waals surface area contributed by atoms with Crippen LogP contribution in [0.2, 0.25) is 0 Å². The van der Waals surface area contributed by atoms with Crippen LogP contribution in [0.15, 0.2) is 24.3 Å². The van der Waals surface area contributed by atoms with E-state index in [1.54, 1.807) is 11.8 Å². The minimum absolute atomic E-state index is 0.587. The van der Waals surface area contributed by atoms with Crippen LogP contribution in [0.25, 0.3) is 6.08 Å². The number of benzene rings is 1. The molecule has 1 N–H and O–H groups in total. The minimum Gasteiger partial charge on any atom is -0.493 e. The van der Waals surface area contributed by atoms with Crippen LogP contribution in [-0.4, -0.2) is 35.8 Å². The molecule has 0 atom stereocenters.